The molecule has 1 heterocycles. The Morgan fingerprint density at radius 1 is 1.39 bits per heavy atom. The fourth-order valence-electron chi connectivity index (χ4n) is 2.75. The van der Waals surface area contributed by atoms with Gasteiger partial charge in [-0.3, -0.25) is 0 Å². The van der Waals surface area contributed by atoms with Crippen molar-refractivity contribution in [3.8, 4) is 0 Å². The molecule has 0 saturated carbocycles. The van der Waals surface area contributed by atoms with Gasteiger partial charge in [0.05, 0.1) is 12.7 Å². The van der Waals surface area contributed by atoms with Gasteiger partial charge in [-0.15, -0.1) is 0 Å². The third kappa shape index (κ3) is 9.13. The number of ether oxygens (including phenoxy) is 3. The third-order valence-corrected chi connectivity index (χ3v) is 3.79. The molecule has 6 nitrogen and oxygen atoms in total. The molecule has 6 heteroatoms. The highest BCUT2D eigenvalue weighted by Gasteiger charge is 2.24. The standard InChI is InChI=1S/C17H34N2O4/c1-13(15-9-7-11-22-15)19-14(12-21-5)8-6-10-18-16(20)23-17(2,3)4/h13-15,19H,6-12H2,1-5H3,(H,18,20). The Morgan fingerprint density at radius 3 is 2.70 bits per heavy atom. The number of hydrogen-bond donors (Lipinski definition) is 2. The number of carbonyl (C=O) groups is 1. The Bertz CT molecular complexity index is 338. The van der Waals surface area contributed by atoms with E-state index in [-0.39, 0.29) is 12.1 Å². The number of hydrogen-bond acceptors (Lipinski definition) is 5. The molecule has 0 aromatic heterocycles. The van der Waals surface area contributed by atoms with Crippen molar-refractivity contribution < 1.29 is 19.0 Å². The van der Waals surface area contributed by atoms with Gasteiger partial charge in [-0.1, -0.05) is 0 Å². The second kappa shape index (κ2) is 10.1. The van der Waals surface area contributed by atoms with E-state index in [9.17, 15) is 4.79 Å². The topological polar surface area (TPSA) is 68.8 Å². The predicted octanol–water partition coefficient (Wildman–Crippen LogP) is 2.46. The average molecular weight is 330 g/mol. The lowest BCUT2D eigenvalue weighted by atomic mass is 10.1. The molecule has 1 rings (SSSR count). The number of nitrogens with one attached hydrogen (secondary N) is 2. The summed E-state index contributed by atoms with van der Waals surface area (Å²) in [6.45, 7) is 9.87. The summed E-state index contributed by atoms with van der Waals surface area (Å²) in [4.78, 5) is 11.6. The summed E-state index contributed by atoms with van der Waals surface area (Å²) in [7, 11) is 1.71. The molecule has 0 aromatic rings. The van der Waals surface area contributed by atoms with E-state index in [1.165, 1.54) is 0 Å². The first kappa shape index (κ1) is 20.2. The zero-order valence-corrected chi connectivity index (χ0v) is 15.3. The van der Waals surface area contributed by atoms with Gasteiger partial charge in [-0.25, -0.2) is 4.79 Å². The Kier molecular flexibility index (Phi) is 8.87. The summed E-state index contributed by atoms with van der Waals surface area (Å²) in [5.41, 5.74) is -0.457. The van der Waals surface area contributed by atoms with Gasteiger partial charge in [-0.2, -0.15) is 0 Å². The quantitative estimate of drug-likeness (QED) is 0.636. The maximum atomic E-state index is 11.6. The number of alkyl carbamates (subject to hydrolysis) is 1. The van der Waals surface area contributed by atoms with Crippen LogP contribution in [0.4, 0.5) is 4.79 Å². The number of rotatable bonds is 9. The van der Waals surface area contributed by atoms with Crippen LogP contribution in [0.2, 0.25) is 0 Å². The minimum absolute atomic E-state index is 0.264. The highest BCUT2D eigenvalue weighted by Crippen LogP contribution is 2.16. The molecule has 3 atom stereocenters. The molecular weight excluding hydrogens is 296 g/mol. The van der Waals surface area contributed by atoms with Gasteiger partial charge in [-0.05, 0) is 53.4 Å². The fraction of sp³-hybridized carbons (Fsp3) is 0.941. The number of amides is 1. The van der Waals surface area contributed by atoms with Crippen LogP contribution in [0.3, 0.4) is 0 Å². The van der Waals surface area contributed by atoms with E-state index in [1.807, 2.05) is 20.8 Å². The lowest BCUT2D eigenvalue weighted by Crippen LogP contribution is -2.45. The van der Waals surface area contributed by atoms with Crippen molar-refractivity contribution in [3.63, 3.8) is 0 Å². The smallest absolute Gasteiger partial charge is 0.407 e. The summed E-state index contributed by atoms with van der Waals surface area (Å²) in [5, 5.41) is 6.38. The Balaban J connectivity index is 2.23. The highest BCUT2D eigenvalue weighted by atomic mass is 16.6. The molecule has 0 aliphatic carbocycles. The van der Waals surface area contributed by atoms with E-state index in [2.05, 4.69) is 17.6 Å². The maximum Gasteiger partial charge on any atom is 0.407 e. The van der Waals surface area contributed by atoms with Crippen molar-refractivity contribution >= 4 is 6.09 Å². The second-order valence-corrected chi connectivity index (χ2v) is 7.23. The van der Waals surface area contributed by atoms with Gasteiger partial charge in [0.25, 0.3) is 0 Å². The van der Waals surface area contributed by atoms with Crippen molar-refractivity contribution in [1.29, 1.82) is 0 Å². The summed E-state index contributed by atoms with van der Waals surface area (Å²) in [6.07, 6.45) is 4.01. The van der Waals surface area contributed by atoms with Gasteiger partial charge in [0.15, 0.2) is 0 Å². The van der Waals surface area contributed by atoms with Gasteiger partial charge in [0.2, 0.25) is 0 Å². The van der Waals surface area contributed by atoms with Crippen LogP contribution in [0.1, 0.15) is 53.4 Å². The lowest BCUT2D eigenvalue weighted by Gasteiger charge is -2.26. The SMILES string of the molecule is COCC(CCCNC(=O)OC(C)(C)C)NC(C)C1CCCO1. The van der Waals surface area contributed by atoms with Gasteiger partial charge in [0.1, 0.15) is 5.60 Å². The molecule has 136 valence electrons. The molecule has 3 unspecified atom stereocenters. The summed E-state index contributed by atoms with van der Waals surface area (Å²) in [5.74, 6) is 0. The minimum Gasteiger partial charge on any atom is -0.444 e. The van der Waals surface area contributed by atoms with Crippen molar-refractivity contribution in [2.24, 2.45) is 0 Å². The first-order valence-corrected chi connectivity index (χ1v) is 8.65. The Labute approximate surface area is 140 Å². The fourth-order valence-corrected chi connectivity index (χ4v) is 2.75. The molecule has 0 aromatic carbocycles. The molecule has 2 N–H and O–H groups in total. The molecule has 0 spiro atoms. The second-order valence-electron chi connectivity index (χ2n) is 7.23. The number of methoxy groups -OCH3 is 1. The summed E-state index contributed by atoms with van der Waals surface area (Å²) < 4.78 is 16.2. The van der Waals surface area contributed by atoms with Crippen molar-refractivity contribution in [2.75, 3.05) is 26.9 Å². The zero-order valence-electron chi connectivity index (χ0n) is 15.3. The Hall–Kier alpha value is -0.850. The van der Waals surface area contributed by atoms with E-state index in [1.54, 1.807) is 7.11 Å². The van der Waals surface area contributed by atoms with Gasteiger partial charge >= 0.3 is 6.09 Å². The molecule has 1 fully saturated rings. The van der Waals surface area contributed by atoms with E-state index in [4.69, 9.17) is 14.2 Å². The largest absolute Gasteiger partial charge is 0.444 e. The van der Waals surface area contributed by atoms with Crippen molar-refractivity contribution in [2.45, 2.75) is 77.2 Å². The molecule has 1 aliphatic heterocycles. The van der Waals surface area contributed by atoms with Crippen LogP contribution in [0, 0.1) is 0 Å². The molecule has 1 aliphatic rings. The van der Waals surface area contributed by atoms with Crippen LogP contribution in [0.15, 0.2) is 0 Å². The van der Waals surface area contributed by atoms with Crippen molar-refractivity contribution in [3.05, 3.63) is 0 Å². The summed E-state index contributed by atoms with van der Waals surface area (Å²) >= 11 is 0. The van der Waals surface area contributed by atoms with Gasteiger partial charge in [0, 0.05) is 32.3 Å². The van der Waals surface area contributed by atoms with Crippen LogP contribution in [-0.2, 0) is 14.2 Å². The monoisotopic (exact) mass is 330 g/mol. The molecule has 23 heavy (non-hydrogen) atoms. The first-order valence-electron chi connectivity index (χ1n) is 8.65. The maximum absolute atomic E-state index is 11.6. The average Bonchev–Trinajstić information content (AvgIpc) is 2.95. The Morgan fingerprint density at radius 2 is 2.13 bits per heavy atom. The molecule has 1 saturated heterocycles. The van der Waals surface area contributed by atoms with Gasteiger partial charge < -0.3 is 24.8 Å². The predicted molar refractivity (Wildman–Crippen MR) is 90.7 cm³/mol. The van der Waals surface area contributed by atoms with Crippen LogP contribution >= 0.6 is 0 Å². The highest BCUT2D eigenvalue weighted by molar-refractivity contribution is 5.67. The molecule has 0 bridgehead atoms. The summed E-state index contributed by atoms with van der Waals surface area (Å²) in [6, 6.07) is 0.580. The lowest BCUT2D eigenvalue weighted by molar-refractivity contribution is 0.0524. The van der Waals surface area contributed by atoms with E-state index in [0.29, 0.717) is 25.3 Å². The van der Waals surface area contributed by atoms with Crippen LogP contribution in [0.5, 0.6) is 0 Å². The van der Waals surface area contributed by atoms with Crippen molar-refractivity contribution in [1.82, 2.24) is 10.6 Å². The first-order chi connectivity index (χ1) is 10.8. The van der Waals surface area contributed by atoms with E-state index >= 15 is 0 Å². The zero-order chi connectivity index (χ0) is 17.3. The third-order valence-electron chi connectivity index (χ3n) is 3.79. The van der Waals surface area contributed by atoms with Crippen LogP contribution < -0.4 is 10.6 Å². The number of carbonyl (C=O) groups excluding carboxylic acids is 1. The van der Waals surface area contributed by atoms with Crippen LogP contribution in [-0.4, -0.2) is 56.8 Å². The van der Waals surface area contributed by atoms with E-state index in [0.717, 1.165) is 32.3 Å². The normalized spacial score (nSPS) is 21.0. The molecular formula is C17H34N2O4. The molecule has 0 radical (unpaired) electrons. The van der Waals surface area contributed by atoms with E-state index < -0.39 is 5.60 Å². The van der Waals surface area contributed by atoms with Crippen LogP contribution in [0.25, 0.3) is 0 Å². The minimum atomic E-state index is -0.457. The molecule has 1 amide bonds.